The fourth-order valence-electron chi connectivity index (χ4n) is 0.270. The number of nitrogens with zero attached hydrogens (tertiary/aromatic N) is 1. The van der Waals surface area contributed by atoms with Crippen molar-refractivity contribution in [2.24, 2.45) is 0 Å². The van der Waals surface area contributed by atoms with Crippen molar-refractivity contribution in [3.63, 3.8) is 0 Å². The Kier molecular flexibility index (Phi) is 12.9. The molecular formula is C9H20ClNO. The van der Waals surface area contributed by atoms with Gasteiger partial charge in [-0.15, -0.1) is 11.6 Å². The van der Waals surface area contributed by atoms with Gasteiger partial charge in [0.05, 0.1) is 12.1 Å². The Morgan fingerprint density at radius 2 is 1.75 bits per heavy atom. The number of rotatable bonds is 3. The predicted octanol–water partition coefficient (Wildman–Crippen LogP) is 2.34. The smallest absolute Gasteiger partial charge is 0.101 e. The molecule has 0 fully saturated rings. The SMILES string of the molecule is CC(C)=COCCCl.CN(C)C. The van der Waals surface area contributed by atoms with Gasteiger partial charge in [0.15, 0.2) is 0 Å². The molecule has 0 radical (unpaired) electrons. The highest BCUT2D eigenvalue weighted by atomic mass is 35.5. The molecule has 0 saturated carbocycles. The minimum atomic E-state index is 0.559. The minimum absolute atomic E-state index is 0.559. The largest absolute Gasteiger partial charge is 0.500 e. The van der Waals surface area contributed by atoms with Gasteiger partial charge in [0.2, 0.25) is 0 Å². The molecule has 0 aromatic heterocycles. The lowest BCUT2D eigenvalue weighted by molar-refractivity contribution is 0.268. The second-order valence-corrected chi connectivity index (χ2v) is 3.47. The molecule has 0 amide bonds. The number of allylic oxidation sites excluding steroid dienone is 1. The summed E-state index contributed by atoms with van der Waals surface area (Å²) < 4.78 is 4.95. The van der Waals surface area contributed by atoms with Crippen molar-refractivity contribution in [1.82, 2.24) is 4.90 Å². The predicted molar refractivity (Wildman–Crippen MR) is 55.7 cm³/mol. The molecule has 0 bridgehead atoms. The molecule has 3 heteroatoms. The van der Waals surface area contributed by atoms with Crippen molar-refractivity contribution in [3.05, 3.63) is 11.8 Å². The lowest BCUT2D eigenvalue weighted by Crippen LogP contribution is -1.99. The zero-order chi connectivity index (χ0) is 9.98. The maximum atomic E-state index is 5.33. The summed E-state index contributed by atoms with van der Waals surface area (Å²) in [6, 6.07) is 0. The number of hydrogen-bond acceptors (Lipinski definition) is 2. The minimum Gasteiger partial charge on any atom is -0.500 e. The van der Waals surface area contributed by atoms with Gasteiger partial charge in [-0.05, 0) is 40.6 Å². The van der Waals surface area contributed by atoms with Crippen LogP contribution in [0.2, 0.25) is 0 Å². The summed E-state index contributed by atoms with van der Waals surface area (Å²) in [4.78, 5) is 2.00. The summed E-state index contributed by atoms with van der Waals surface area (Å²) in [7, 11) is 6.00. The molecule has 0 aliphatic carbocycles. The number of alkyl halides is 1. The van der Waals surface area contributed by atoms with E-state index in [0.717, 1.165) is 5.57 Å². The average Bonchev–Trinajstić information content (AvgIpc) is 1.86. The maximum Gasteiger partial charge on any atom is 0.101 e. The summed E-state index contributed by atoms with van der Waals surface area (Å²) in [6.07, 6.45) is 1.71. The molecule has 0 N–H and O–H groups in total. The summed E-state index contributed by atoms with van der Waals surface area (Å²) in [5, 5.41) is 0. The molecule has 0 unspecified atom stereocenters. The third kappa shape index (κ3) is 33.0. The van der Waals surface area contributed by atoms with Crippen LogP contribution in [0.3, 0.4) is 0 Å². The molecule has 2 nitrogen and oxygen atoms in total. The van der Waals surface area contributed by atoms with Crippen LogP contribution >= 0.6 is 11.6 Å². The van der Waals surface area contributed by atoms with Crippen LogP contribution in [0.5, 0.6) is 0 Å². The summed E-state index contributed by atoms with van der Waals surface area (Å²) in [5.41, 5.74) is 1.16. The fourth-order valence-corrected chi connectivity index (χ4v) is 0.359. The van der Waals surface area contributed by atoms with Gasteiger partial charge in [0.25, 0.3) is 0 Å². The molecule has 0 aliphatic heterocycles. The van der Waals surface area contributed by atoms with Crippen molar-refractivity contribution in [3.8, 4) is 0 Å². The van der Waals surface area contributed by atoms with Gasteiger partial charge in [-0.2, -0.15) is 0 Å². The number of hydrogen-bond donors (Lipinski definition) is 0. The van der Waals surface area contributed by atoms with Crippen molar-refractivity contribution < 1.29 is 4.74 Å². The first-order valence-electron chi connectivity index (χ1n) is 3.92. The Morgan fingerprint density at radius 3 is 2.00 bits per heavy atom. The zero-order valence-corrected chi connectivity index (χ0v) is 9.48. The molecule has 0 aromatic carbocycles. The van der Waals surface area contributed by atoms with Crippen LogP contribution in [0.4, 0.5) is 0 Å². The third-order valence-electron chi connectivity index (χ3n) is 0.514. The molecule has 0 rings (SSSR count). The average molecular weight is 194 g/mol. The van der Waals surface area contributed by atoms with E-state index in [4.69, 9.17) is 16.3 Å². The van der Waals surface area contributed by atoms with E-state index < -0.39 is 0 Å². The van der Waals surface area contributed by atoms with Crippen LogP contribution in [0.25, 0.3) is 0 Å². The van der Waals surface area contributed by atoms with Crippen molar-refractivity contribution >= 4 is 11.6 Å². The van der Waals surface area contributed by atoms with Gasteiger partial charge in [-0.3, -0.25) is 0 Å². The Morgan fingerprint density at radius 1 is 1.33 bits per heavy atom. The van der Waals surface area contributed by atoms with Gasteiger partial charge in [-0.25, -0.2) is 0 Å². The van der Waals surface area contributed by atoms with E-state index in [1.54, 1.807) is 6.26 Å². The van der Waals surface area contributed by atoms with Crippen molar-refractivity contribution in [2.75, 3.05) is 33.6 Å². The highest BCUT2D eigenvalue weighted by Crippen LogP contribution is 1.89. The van der Waals surface area contributed by atoms with Crippen molar-refractivity contribution in [2.45, 2.75) is 13.8 Å². The van der Waals surface area contributed by atoms with E-state index in [2.05, 4.69) is 0 Å². The Labute approximate surface area is 81.2 Å². The summed E-state index contributed by atoms with van der Waals surface area (Å²) in [5.74, 6) is 0.559. The van der Waals surface area contributed by atoms with Crippen LogP contribution in [0.15, 0.2) is 11.8 Å². The van der Waals surface area contributed by atoms with Crippen LogP contribution in [-0.2, 0) is 4.74 Å². The quantitative estimate of drug-likeness (QED) is 0.388. The monoisotopic (exact) mass is 193 g/mol. The lowest BCUT2D eigenvalue weighted by Gasteiger charge is -1.94. The lowest BCUT2D eigenvalue weighted by atomic mass is 10.4. The maximum absolute atomic E-state index is 5.33. The molecular weight excluding hydrogens is 174 g/mol. The third-order valence-corrected chi connectivity index (χ3v) is 0.668. The van der Waals surface area contributed by atoms with Crippen molar-refractivity contribution in [1.29, 1.82) is 0 Å². The van der Waals surface area contributed by atoms with E-state index in [0.29, 0.717) is 12.5 Å². The number of halogens is 1. The van der Waals surface area contributed by atoms with E-state index in [9.17, 15) is 0 Å². The van der Waals surface area contributed by atoms with Gasteiger partial charge in [-0.1, -0.05) is 0 Å². The van der Waals surface area contributed by atoms with E-state index in [1.165, 1.54) is 0 Å². The Bertz CT molecular complexity index is 106. The first-order chi connectivity index (χ1) is 5.50. The molecule has 0 aromatic rings. The van der Waals surface area contributed by atoms with Crippen LogP contribution < -0.4 is 0 Å². The first kappa shape index (κ1) is 14.3. The molecule has 0 heterocycles. The van der Waals surface area contributed by atoms with E-state index >= 15 is 0 Å². The normalized spacial score (nSPS) is 8.58. The zero-order valence-electron chi connectivity index (χ0n) is 8.72. The molecule has 12 heavy (non-hydrogen) atoms. The second kappa shape index (κ2) is 10.8. The summed E-state index contributed by atoms with van der Waals surface area (Å²) in [6.45, 7) is 4.56. The summed E-state index contributed by atoms with van der Waals surface area (Å²) >= 11 is 5.33. The molecule has 0 spiro atoms. The highest BCUT2D eigenvalue weighted by molar-refractivity contribution is 6.17. The molecule has 0 saturated heterocycles. The number of ether oxygens (including phenoxy) is 1. The highest BCUT2D eigenvalue weighted by Gasteiger charge is 1.77. The van der Waals surface area contributed by atoms with E-state index in [1.807, 2.05) is 39.9 Å². The Balaban J connectivity index is 0. The first-order valence-corrected chi connectivity index (χ1v) is 4.46. The van der Waals surface area contributed by atoms with Gasteiger partial charge >= 0.3 is 0 Å². The van der Waals surface area contributed by atoms with E-state index in [-0.39, 0.29) is 0 Å². The van der Waals surface area contributed by atoms with Crippen LogP contribution in [-0.4, -0.2) is 38.5 Å². The molecule has 74 valence electrons. The van der Waals surface area contributed by atoms with Gasteiger partial charge < -0.3 is 9.64 Å². The van der Waals surface area contributed by atoms with Crippen LogP contribution in [0.1, 0.15) is 13.8 Å². The second-order valence-electron chi connectivity index (χ2n) is 3.10. The van der Waals surface area contributed by atoms with Gasteiger partial charge in [0, 0.05) is 0 Å². The fraction of sp³-hybridized carbons (Fsp3) is 0.778. The molecule has 0 atom stereocenters. The van der Waals surface area contributed by atoms with Gasteiger partial charge in [0.1, 0.15) is 6.61 Å². The van der Waals surface area contributed by atoms with Crippen LogP contribution in [0, 0.1) is 0 Å². The Hall–Kier alpha value is -0.210. The topological polar surface area (TPSA) is 12.5 Å². The standard InChI is InChI=1S/C6H11ClO.C3H9N/c1-6(2)5-8-4-3-7;1-4(2)3/h5H,3-4H2,1-2H3;1-3H3. The molecule has 0 aliphatic rings.